The lowest BCUT2D eigenvalue weighted by Crippen LogP contribution is -2.48. The number of thiophene rings is 1. The molecule has 0 unspecified atom stereocenters. The monoisotopic (exact) mass is 344 g/mol. The van der Waals surface area contributed by atoms with E-state index < -0.39 is 10.8 Å². The Bertz CT molecular complexity index is 511. The van der Waals surface area contributed by atoms with Crippen LogP contribution in [0.2, 0.25) is 0 Å². The van der Waals surface area contributed by atoms with E-state index in [1.807, 2.05) is 38.3 Å². The summed E-state index contributed by atoms with van der Waals surface area (Å²) in [5, 5.41) is 4.88. The molecule has 124 valence electrons. The topological polar surface area (TPSA) is 58.6 Å². The lowest BCUT2D eigenvalue weighted by Gasteiger charge is -2.32. The molecule has 0 radical (unpaired) electrons. The van der Waals surface area contributed by atoms with Gasteiger partial charge in [-0.25, -0.2) is 4.79 Å². The van der Waals surface area contributed by atoms with Crippen LogP contribution in [0, 0.1) is 0 Å². The Balaban J connectivity index is 1.79. The maximum absolute atomic E-state index is 12.2. The molecule has 1 aromatic heterocycles. The molecule has 2 heterocycles. The van der Waals surface area contributed by atoms with Crippen LogP contribution in [0.1, 0.15) is 31.8 Å². The van der Waals surface area contributed by atoms with Crippen LogP contribution in [0.3, 0.4) is 0 Å². The summed E-state index contributed by atoms with van der Waals surface area (Å²) in [4.78, 5) is 15.1. The summed E-state index contributed by atoms with van der Waals surface area (Å²) in [6.07, 6.45) is -0.0387. The maximum Gasteiger partial charge on any atom is 0.317 e. The average molecular weight is 345 g/mol. The van der Waals surface area contributed by atoms with Crippen LogP contribution >= 0.6 is 11.3 Å². The third-order valence-electron chi connectivity index (χ3n) is 3.46. The summed E-state index contributed by atoms with van der Waals surface area (Å²) in [6.45, 7) is 7.97. The van der Waals surface area contributed by atoms with Gasteiger partial charge in [0.1, 0.15) is 6.10 Å². The van der Waals surface area contributed by atoms with Crippen LogP contribution in [0.5, 0.6) is 0 Å². The van der Waals surface area contributed by atoms with Gasteiger partial charge in [-0.3, -0.25) is 4.21 Å². The molecule has 0 aromatic carbocycles. The fraction of sp³-hybridized carbons (Fsp3) is 0.667. The first-order valence-corrected chi connectivity index (χ1v) is 9.64. The van der Waals surface area contributed by atoms with E-state index in [1.165, 1.54) is 0 Å². The highest BCUT2D eigenvalue weighted by Crippen LogP contribution is 2.25. The van der Waals surface area contributed by atoms with E-state index >= 15 is 0 Å². The van der Waals surface area contributed by atoms with E-state index in [9.17, 15) is 9.00 Å². The molecule has 1 fully saturated rings. The van der Waals surface area contributed by atoms with Gasteiger partial charge in [-0.1, -0.05) is 6.07 Å². The second-order valence-corrected chi connectivity index (χ2v) is 9.52. The summed E-state index contributed by atoms with van der Waals surface area (Å²) in [6, 6.07) is 3.92. The fourth-order valence-corrected chi connectivity index (χ4v) is 3.81. The Hall–Kier alpha value is -0.920. The molecule has 0 saturated carbocycles. The zero-order chi connectivity index (χ0) is 16.2. The van der Waals surface area contributed by atoms with Crippen LogP contribution in [-0.4, -0.2) is 51.9 Å². The van der Waals surface area contributed by atoms with Gasteiger partial charge in [-0.15, -0.1) is 11.3 Å². The van der Waals surface area contributed by atoms with Crippen LogP contribution in [0.15, 0.2) is 17.5 Å². The molecule has 2 rings (SSSR count). The van der Waals surface area contributed by atoms with Gasteiger partial charge >= 0.3 is 6.03 Å². The molecule has 0 spiro atoms. The second kappa shape index (κ2) is 7.57. The number of hydrogen-bond acceptors (Lipinski definition) is 4. The van der Waals surface area contributed by atoms with E-state index in [-0.39, 0.29) is 16.9 Å². The van der Waals surface area contributed by atoms with E-state index in [2.05, 4.69) is 5.32 Å². The van der Waals surface area contributed by atoms with Crippen LogP contribution < -0.4 is 5.32 Å². The van der Waals surface area contributed by atoms with Crippen molar-refractivity contribution in [3.8, 4) is 0 Å². The first-order valence-electron chi connectivity index (χ1n) is 7.44. The first kappa shape index (κ1) is 17.4. The van der Waals surface area contributed by atoms with E-state index in [0.29, 0.717) is 32.0 Å². The van der Waals surface area contributed by atoms with Crippen molar-refractivity contribution < 1.29 is 13.7 Å². The van der Waals surface area contributed by atoms with Gasteiger partial charge in [0.15, 0.2) is 0 Å². The lowest BCUT2D eigenvalue weighted by atomic mass is 10.2. The summed E-state index contributed by atoms with van der Waals surface area (Å²) < 4.78 is 17.4. The van der Waals surface area contributed by atoms with Crippen LogP contribution in [0.4, 0.5) is 4.79 Å². The number of ether oxygens (including phenoxy) is 1. The molecule has 22 heavy (non-hydrogen) atoms. The van der Waals surface area contributed by atoms with Gasteiger partial charge in [0.25, 0.3) is 0 Å². The third-order valence-corrected chi connectivity index (χ3v) is 6.37. The molecule has 7 heteroatoms. The molecule has 1 saturated heterocycles. The number of hydrogen-bond donors (Lipinski definition) is 1. The van der Waals surface area contributed by atoms with Gasteiger partial charge in [-0.2, -0.15) is 0 Å². The highest BCUT2D eigenvalue weighted by atomic mass is 32.2. The minimum absolute atomic E-state index is 0.0387. The van der Waals surface area contributed by atoms with Crippen LogP contribution in [-0.2, 0) is 15.5 Å². The van der Waals surface area contributed by atoms with Gasteiger partial charge in [0.2, 0.25) is 0 Å². The smallest absolute Gasteiger partial charge is 0.317 e. The second-order valence-electron chi connectivity index (χ2n) is 6.21. The molecular weight excluding hydrogens is 320 g/mol. The highest BCUT2D eigenvalue weighted by molar-refractivity contribution is 7.86. The molecule has 1 aliphatic rings. The van der Waals surface area contributed by atoms with Crippen molar-refractivity contribution in [3.63, 3.8) is 0 Å². The number of nitrogens with zero attached hydrogens (tertiary/aromatic N) is 1. The first-order chi connectivity index (χ1) is 10.4. The Morgan fingerprint density at radius 2 is 2.32 bits per heavy atom. The van der Waals surface area contributed by atoms with Crippen molar-refractivity contribution >= 4 is 28.2 Å². The number of amides is 2. The summed E-state index contributed by atoms with van der Waals surface area (Å²) in [5.41, 5.74) is 0. The van der Waals surface area contributed by atoms with Crippen LogP contribution in [0.25, 0.3) is 0 Å². The zero-order valence-electron chi connectivity index (χ0n) is 13.3. The molecule has 1 aromatic rings. The number of carbonyl (C=O) groups is 1. The third kappa shape index (κ3) is 4.79. The molecule has 1 N–H and O–H groups in total. The Labute approximate surface area is 138 Å². The minimum atomic E-state index is -0.946. The number of morpholine rings is 1. The van der Waals surface area contributed by atoms with E-state index in [1.54, 1.807) is 16.2 Å². The minimum Gasteiger partial charge on any atom is -0.369 e. The van der Waals surface area contributed by atoms with E-state index in [4.69, 9.17) is 4.74 Å². The highest BCUT2D eigenvalue weighted by Gasteiger charge is 2.26. The van der Waals surface area contributed by atoms with Crippen molar-refractivity contribution in [2.24, 2.45) is 0 Å². The van der Waals surface area contributed by atoms with Gasteiger partial charge in [0, 0.05) is 39.3 Å². The van der Waals surface area contributed by atoms with E-state index in [0.717, 1.165) is 4.88 Å². The SMILES string of the molecule is CC(C)(C)[S@@](=O)CCNC(=O)N1CCO[C@@H](c2cccs2)C1. The Kier molecular flexibility index (Phi) is 6.00. The number of rotatable bonds is 4. The molecule has 0 bridgehead atoms. The normalized spacial score (nSPS) is 20.7. The quantitative estimate of drug-likeness (QED) is 0.912. The Morgan fingerprint density at radius 1 is 1.55 bits per heavy atom. The van der Waals surface area contributed by atoms with Crippen molar-refractivity contribution in [1.29, 1.82) is 0 Å². The number of carbonyl (C=O) groups excluding carboxylic acids is 1. The predicted molar refractivity (Wildman–Crippen MR) is 90.7 cm³/mol. The van der Waals surface area contributed by atoms with Gasteiger partial charge < -0.3 is 15.0 Å². The Morgan fingerprint density at radius 3 is 2.95 bits per heavy atom. The molecule has 1 aliphatic heterocycles. The molecule has 2 amide bonds. The lowest BCUT2D eigenvalue weighted by molar-refractivity contribution is -0.0134. The van der Waals surface area contributed by atoms with Gasteiger partial charge in [0.05, 0.1) is 13.2 Å². The zero-order valence-corrected chi connectivity index (χ0v) is 15.0. The van der Waals surface area contributed by atoms with Crippen molar-refractivity contribution in [1.82, 2.24) is 10.2 Å². The number of urea groups is 1. The largest absolute Gasteiger partial charge is 0.369 e. The fourth-order valence-electron chi connectivity index (χ4n) is 2.15. The summed E-state index contributed by atoms with van der Waals surface area (Å²) >= 11 is 1.64. The summed E-state index contributed by atoms with van der Waals surface area (Å²) in [7, 11) is -0.946. The molecular formula is C15H24N2O3S2. The maximum atomic E-state index is 12.2. The number of nitrogens with one attached hydrogen (secondary N) is 1. The molecule has 0 aliphatic carbocycles. The van der Waals surface area contributed by atoms with Crippen molar-refractivity contribution in [2.45, 2.75) is 31.6 Å². The molecule has 5 nitrogen and oxygen atoms in total. The molecule has 2 atom stereocenters. The standard InChI is InChI=1S/C15H24N2O3S2/c1-15(2,3)22(19)10-6-16-14(18)17-7-8-20-12(11-17)13-5-4-9-21-13/h4-5,9,12H,6-8,10-11H2,1-3H3,(H,16,18)/t12-,22+/m1/s1. The predicted octanol–water partition coefficient (Wildman–Crippen LogP) is 2.38. The van der Waals surface area contributed by atoms with Crippen molar-refractivity contribution in [3.05, 3.63) is 22.4 Å². The average Bonchev–Trinajstić information content (AvgIpc) is 3.00. The van der Waals surface area contributed by atoms with Crippen molar-refractivity contribution in [2.75, 3.05) is 32.0 Å². The van der Waals surface area contributed by atoms with Gasteiger partial charge in [-0.05, 0) is 32.2 Å². The summed E-state index contributed by atoms with van der Waals surface area (Å²) in [5.74, 6) is 0.480.